The zero-order chi connectivity index (χ0) is 7.19. The molecule has 1 unspecified atom stereocenters. The number of fused-ring (bicyclic) bond motifs is 2. The van der Waals surface area contributed by atoms with Crippen LogP contribution in [0.25, 0.3) is 0 Å². The molecule has 3 atom stereocenters. The first-order chi connectivity index (χ1) is 4.71. The van der Waals surface area contributed by atoms with Crippen LogP contribution in [0.2, 0.25) is 0 Å². The molecule has 10 heavy (non-hydrogen) atoms. The highest BCUT2D eigenvalue weighted by atomic mass is 32.7. The van der Waals surface area contributed by atoms with Gasteiger partial charge in [-0.2, -0.15) is 0 Å². The Morgan fingerprint density at radius 1 is 1.50 bits per heavy atom. The van der Waals surface area contributed by atoms with Gasteiger partial charge >= 0.3 is 0 Å². The van der Waals surface area contributed by atoms with Crippen molar-refractivity contribution < 1.29 is 0 Å². The first-order valence-electron chi connectivity index (χ1n) is 4.28. The van der Waals surface area contributed by atoms with E-state index in [4.69, 9.17) is 12.2 Å². The molecule has 2 heteroatoms. The monoisotopic (exact) mass is 174 g/mol. The van der Waals surface area contributed by atoms with E-state index in [2.05, 4.69) is 6.92 Å². The quantitative estimate of drug-likeness (QED) is 0.402. The zero-order valence-corrected chi connectivity index (χ0v) is 8.26. The average molecular weight is 174 g/mol. The van der Waals surface area contributed by atoms with E-state index in [1.165, 1.54) is 31.6 Å². The van der Waals surface area contributed by atoms with Crippen LogP contribution in [0, 0.1) is 5.92 Å². The lowest BCUT2D eigenvalue weighted by molar-refractivity contribution is 0.515. The molecule has 0 aromatic rings. The molecular formula is C8H15PS. The van der Waals surface area contributed by atoms with Gasteiger partial charge in [0.2, 0.25) is 0 Å². The van der Waals surface area contributed by atoms with Crippen molar-refractivity contribution in [2.45, 2.75) is 31.8 Å². The minimum atomic E-state index is -0.778. The lowest BCUT2D eigenvalue weighted by Crippen LogP contribution is -2.10. The fraction of sp³-hybridized carbons (Fsp3) is 1.00. The predicted octanol–water partition coefficient (Wildman–Crippen LogP) is 2.67. The minimum Gasteiger partial charge on any atom is -0.556 e. The molecule has 2 rings (SSSR count). The lowest BCUT2D eigenvalue weighted by atomic mass is 10.0. The minimum absolute atomic E-state index is 0.778. The Balaban J connectivity index is 2.18. The Hall–Kier alpha value is 0.780. The van der Waals surface area contributed by atoms with Gasteiger partial charge < -0.3 is 12.2 Å². The van der Waals surface area contributed by atoms with Gasteiger partial charge in [-0.25, -0.2) is 0 Å². The topological polar surface area (TPSA) is 0 Å². The van der Waals surface area contributed by atoms with Crippen LogP contribution in [-0.4, -0.2) is 18.0 Å². The molecule has 0 nitrogen and oxygen atoms in total. The van der Waals surface area contributed by atoms with Crippen LogP contribution in [0.5, 0.6) is 0 Å². The summed E-state index contributed by atoms with van der Waals surface area (Å²) in [7, 11) is 0. The van der Waals surface area contributed by atoms with Crippen molar-refractivity contribution in [1.82, 2.24) is 0 Å². The lowest BCUT2D eigenvalue weighted by Gasteiger charge is -2.35. The van der Waals surface area contributed by atoms with Crippen molar-refractivity contribution in [2.24, 2.45) is 5.92 Å². The van der Waals surface area contributed by atoms with Gasteiger partial charge in [-0.05, 0) is 32.1 Å². The van der Waals surface area contributed by atoms with Crippen molar-refractivity contribution in [3.63, 3.8) is 0 Å². The van der Waals surface area contributed by atoms with Crippen molar-refractivity contribution in [2.75, 3.05) is 12.3 Å². The summed E-state index contributed by atoms with van der Waals surface area (Å²) in [4.78, 5) is 0. The van der Waals surface area contributed by atoms with E-state index in [9.17, 15) is 0 Å². The third-order valence-corrected chi connectivity index (χ3v) is 9.29. The maximum Gasteiger partial charge on any atom is 0.0478 e. The van der Waals surface area contributed by atoms with Gasteiger partial charge in [0.05, 0.1) is 0 Å². The van der Waals surface area contributed by atoms with Crippen LogP contribution in [-0.2, 0) is 12.2 Å². The molecule has 0 spiro atoms. The largest absolute Gasteiger partial charge is 0.556 e. The Labute approximate surface area is 69.3 Å². The second kappa shape index (κ2) is 2.38. The molecule has 2 heterocycles. The predicted molar refractivity (Wildman–Crippen MR) is 50.8 cm³/mol. The third-order valence-electron chi connectivity index (χ3n) is 3.19. The molecule has 0 aliphatic carbocycles. The molecule has 0 aromatic carbocycles. The highest BCUT2D eigenvalue weighted by Gasteiger charge is 2.44. The molecule has 2 bridgehead atoms. The second-order valence-electron chi connectivity index (χ2n) is 3.95. The van der Waals surface area contributed by atoms with Gasteiger partial charge in [0.1, 0.15) is 0 Å². The first kappa shape index (κ1) is 7.43. The Bertz CT molecular complexity index is 148. The summed E-state index contributed by atoms with van der Waals surface area (Å²) >= 11 is 5.73. The molecule has 0 amide bonds. The number of rotatable bonds is 0. The summed E-state index contributed by atoms with van der Waals surface area (Å²) in [6.45, 7) is 1.62. The molecule has 2 aliphatic heterocycles. The summed E-state index contributed by atoms with van der Waals surface area (Å²) in [5.74, 6) is 1.05. The zero-order valence-electron chi connectivity index (χ0n) is 6.55. The summed E-state index contributed by atoms with van der Waals surface area (Å²) in [6.07, 6.45) is 7.30. The van der Waals surface area contributed by atoms with Crippen LogP contribution in [0.1, 0.15) is 26.2 Å². The fourth-order valence-corrected chi connectivity index (χ4v) is 7.40. The maximum absolute atomic E-state index is 5.73. The van der Waals surface area contributed by atoms with Crippen molar-refractivity contribution >= 4 is 18.7 Å². The van der Waals surface area contributed by atoms with E-state index in [-0.39, 0.29) is 0 Å². The highest BCUT2D eigenvalue weighted by molar-refractivity contribution is 8.42. The van der Waals surface area contributed by atoms with Crippen LogP contribution >= 0.6 is 6.46 Å². The molecule has 0 saturated carbocycles. The first-order valence-corrected chi connectivity index (χ1v) is 7.53. The number of hydrogen-bond donors (Lipinski definition) is 0. The van der Waals surface area contributed by atoms with E-state index in [0.29, 0.717) is 0 Å². The van der Waals surface area contributed by atoms with Crippen LogP contribution in [0.4, 0.5) is 0 Å². The van der Waals surface area contributed by atoms with Gasteiger partial charge in [-0.1, -0.05) is 0 Å². The SMILES string of the molecule is C[C@H]1C[C@H]2CCC[P+]1([S-])C2. The Kier molecular flexibility index (Phi) is 1.77. The van der Waals surface area contributed by atoms with Gasteiger partial charge in [-0.3, -0.25) is 0 Å². The smallest absolute Gasteiger partial charge is 0.0478 e. The molecule has 2 saturated heterocycles. The van der Waals surface area contributed by atoms with Gasteiger partial charge in [0.25, 0.3) is 0 Å². The standard InChI is InChI=1S/C8H15PS/c1-7-5-8-3-2-4-9(7,10)6-8/h7-8H,2-6H2,1H3/t7-,8+,9?/m0/s1. The molecule has 0 aromatic heterocycles. The summed E-state index contributed by atoms with van der Waals surface area (Å²) in [5, 5.41) is 0. The average Bonchev–Trinajstić information content (AvgIpc) is 2.04. The second-order valence-corrected chi connectivity index (χ2v) is 9.73. The molecular weight excluding hydrogens is 159 g/mol. The van der Waals surface area contributed by atoms with E-state index in [1.807, 2.05) is 0 Å². The van der Waals surface area contributed by atoms with E-state index < -0.39 is 6.46 Å². The van der Waals surface area contributed by atoms with Crippen LogP contribution < -0.4 is 0 Å². The maximum atomic E-state index is 5.73. The Morgan fingerprint density at radius 2 is 2.30 bits per heavy atom. The highest BCUT2D eigenvalue weighted by Crippen LogP contribution is 2.71. The van der Waals surface area contributed by atoms with E-state index in [0.717, 1.165) is 11.6 Å². The molecule has 2 aliphatic rings. The van der Waals surface area contributed by atoms with Crippen LogP contribution in [0.3, 0.4) is 0 Å². The Morgan fingerprint density at radius 3 is 2.90 bits per heavy atom. The molecule has 0 radical (unpaired) electrons. The van der Waals surface area contributed by atoms with E-state index in [1.54, 1.807) is 0 Å². The van der Waals surface area contributed by atoms with E-state index >= 15 is 0 Å². The van der Waals surface area contributed by atoms with Gasteiger partial charge in [0, 0.05) is 18.0 Å². The van der Waals surface area contributed by atoms with Crippen molar-refractivity contribution in [3.8, 4) is 0 Å². The molecule has 0 N–H and O–H groups in total. The fourth-order valence-electron chi connectivity index (χ4n) is 2.53. The summed E-state index contributed by atoms with van der Waals surface area (Å²) < 4.78 is 0. The van der Waals surface area contributed by atoms with Gasteiger partial charge in [0.15, 0.2) is 0 Å². The normalized spacial score (nSPS) is 53.4. The van der Waals surface area contributed by atoms with Crippen molar-refractivity contribution in [1.29, 1.82) is 0 Å². The number of hydrogen-bond acceptors (Lipinski definition) is 1. The van der Waals surface area contributed by atoms with Crippen molar-refractivity contribution in [3.05, 3.63) is 0 Å². The summed E-state index contributed by atoms with van der Waals surface area (Å²) in [5.41, 5.74) is 0.940. The third kappa shape index (κ3) is 1.02. The van der Waals surface area contributed by atoms with Crippen LogP contribution in [0.15, 0.2) is 0 Å². The molecule has 58 valence electrons. The van der Waals surface area contributed by atoms with Gasteiger partial charge in [-0.15, -0.1) is 6.46 Å². The molecule has 2 fully saturated rings. The summed E-state index contributed by atoms with van der Waals surface area (Å²) in [6, 6.07) is 0.